The number of fused-ring (bicyclic) bond motifs is 1. The molecule has 3 aromatic heterocycles. The lowest BCUT2D eigenvalue weighted by Gasteiger charge is -2.20. The lowest BCUT2D eigenvalue weighted by Crippen LogP contribution is -2.28. The second-order valence-corrected chi connectivity index (χ2v) is 8.79. The fourth-order valence-electron chi connectivity index (χ4n) is 4.11. The van der Waals surface area contributed by atoms with Crippen molar-refractivity contribution < 1.29 is 31.1 Å². The second kappa shape index (κ2) is 11.8. The summed E-state index contributed by atoms with van der Waals surface area (Å²) in [7, 11) is 0. The molecule has 0 aliphatic heterocycles. The minimum absolute atomic E-state index is 0.0612. The number of aromatic nitrogens is 6. The maximum Gasteiger partial charge on any atom is 0.423 e. The fraction of sp³-hybridized carbons (Fsp3) is 0.333. The summed E-state index contributed by atoms with van der Waals surface area (Å²) < 4.78 is 85.2. The minimum atomic E-state index is -4.89. The predicted molar refractivity (Wildman–Crippen MR) is 135 cm³/mol. The number of nitrogens with zero attached hydrogens (tertiary/aromatic N) is 5. The third kappa shape index (κ3) is 6.55. The van der Waals surface area contributed by atoms with Gasteiger partial charge in [-0.3, -0.25) is 14.2 Å². The van der Waals surface area contributed by atoms with Gasteiger partial charge in [0, 0.05) is 12.6 Å². The van der Waals surface area contributed by atoms with Crippen LogP contribution < -0.4 is 26.9 Å². The van der Waals surface area contributed by atoms with Crippen LogP contribution >= 0.6 is 0 Å². The Morgan fingerprint density at radius 1 is 1.17 bits per heavy atom. The second-order valence-electron chi connectivity index (χ2n) is 8.79. The highest BCUT2D eigenvalue weighted by Gasteiger charge is 2.37. The molecule has 0 aliphatic carbocycles. The first-order valence-corrected chi connectivity index (χ1v) is 12.1. The van der Waals surface area contributed by atoms with Crippen LogP contribution in [0.1, 0.15) is 31.7 Å². The van der Waals surface area contributed by atoms with E-state index < -0.39 is 58.6 Å². The van der Waals surface area contributed by atoms with Gasteiger partial charge in [-0.2, -0.15) is 27.1 Å². The Balaban J connectivity index is 1.50. The van der Waals surface area contributed by atoms with Crippen molar-refractivity contribution in [2.75, 3.05) is 11.1 Å². The average molecular weight is 584 g/mol. The van der Waals surface area contributed by atoms with Gasteiger partial charge in [-0.05, 0) is 31.4 Å². The maximum atomic E-state index is 14.9. The molecule has 0 amide bonds. The first-order chi connectivity index (χ1) is 19.4. The summed E-state index contributed by atoms with van der Waals surface area (Å²) in [5.41, 5.74) is 1.75. The van der Waals surface area contributed by atoms with Gasteiger partial charge in [-0.15, -0.1) is 0 Å². The maximum absolute atomic E-state index is 14.9. The van der Waals surface area contributed by atoms with Gasteiger partial charge in [0.15, 0.2) is 17.4 Å². The van der Waals surface area contributed by atoms with Crippen molar-refractivity contribution in [3.63, 3.8) is 0 Å². The van der Waals surface area contributed by atoms with E-state index in [9.17, 15) is 35.9 Å². The Morgan fingerprint density at radius 3 is 2.59 bits per heavy atom. The number of hydrogen-bond acceptors (Lipinski definition) is 9. The van der Waals surface area contributed by atoms with E-state index in [2.05, 4.69) is 30.1 Å². The molecule has 1 aromatic carbocycles. The van der Waals surface area contributed by atoms with Crippen LogP contribution in [0.5, 0.6) is 5.75 Å². The molecule has 4 N–H and O–H groups in total. The third-order valence-corrected chi connectivity index (χ3v) is 6.10. The number of benzene rings is 1. The van der Waals surface area contributed by atoms with E-state index >= 15 is 0 Å². The molecule has 1 atom stereocenters. The SMILES string of the molecule is CCC(CCCn1cnc2cc(-c3ncc(OC(F)F)c(N)n3)c(F)cc2c1=O)Nc1cn[nH]c(=O)c1C(F)(F)F. The molecule has 0 radical (unpaired) electrons. The number of alkyl halides is 5. The van der Waals surface area contributed by atoms with Crippen molar-refractivity contribution in [2.24, 2.45) is 0 Å². The lowest BCUT2D eigenvalue weighted by atomic mass is 10.1. The molecule has 3 heterocycles. The molecule has 1 unspecified atom stereocenters. The minimum Gasteiger partial charge on any atom is -0.429 e. The molecule has 0 spiro atoms. The molecular weight excluding hydrogens is 562 g/mol. The molecular formula is C24H22F6N8O3. The fourth-order valence-corrected chi connectivity index (χ4v) is 4.11. The van der Waals surface area contributed by atoms with E-state index in [1.807, 2.05) is 0 Å². The monoisotopic (exact) mass is 584 g/mol. The molecule has 218 valence electrons. The number of nitrogen functional groups attached to an aromatic ring is 1. The highest BCUT2D eigenvalue weighted by Crippen LogP contribution is 2.32. The van der Waals surface area contributed by atoms with Gasteiger partial charge >= 0.3 is 12.8 Å². The van der Waals surface area contributed by atoms with E-state index in [0.717, 1.165) is 18.5 Å². The molecule has 0 bridgehead atoms. The zero-order valence-electron chi connectivity index (χ0n) is 21.2. The van der Waals surface area contributed by atoms with Crippen molar-refractivity contribution in [3.05, 3.63) is 62.9 Å². The number of hydrogen-bond donors (Lipinski definition) is 3. The summed E-state index contributed by atoms with van der Waals surface area (Å²) in [6.45, 7) is -1.30. The summed E-state index contributed by atoms with van der Waals surface area (Å²) in [5, 5.41) is 7.84. The van der Waals surface area contributed by atoms with Crippen LogP contribution in [-0.4, -0.2) is 42.4 Å². The van der Waals surface area contributed by atoms with Crippen LogP contribution in [0, 0.1) is 5.82 Å². The molecule has 0 aliphatic rings. The highest BCUT2D eigenvalue weighted by molar-refractivity contribution is 5.82. The van der Waals surface area contributed by atoms with Crippen LogP contribution in [0.15, 0.2) is 40.4 Å². The molecule has 4 rings (SSSR count). The summed E-state index contributed by atoms with van der Waals surface area (Å²) in [5.74, 6) is -2.06. The topological polar surface area (TPSA) is 154 Å². The first kappa shape index (κ1) is 29.3. The van der Waals surface area contributed by atoms with Crippen molar-refractivity contribution in [1.82, 2.24) is 29.7 Å². The number of anilines is 2. The van der Waals surface area contributed by atoms with Crippen molar-refractivity contribution in [1.29, 1.82) is 0 Å². The molecule has 41 heavy (non-hydrogen) atoms. The lowest BCUT2D eigenvalue weighted by molar-refractivity contribution is -0.138. The number of aryl methyl sites for hydroxylation is 1. The van der Waals surface area contributed by atoms with Crippen molar-refractivity contribution in [2.45, 2.75) is 51.6 Å². The molecule has 0 saturated heterocycles. The number of H-pyrrole nitrogens is 1. The Kier molecular flexibility index (Phi) is 8.44. The van der Waals surface area contributed by atoms with E-state index in [4.69, 9.17) is 5.73 Å². The average Bonchev–Trinajstić information content (AvgIpc) is 2.89. The van der Waals surface area contributed by atoms with Gasteiger partial charge in [0.1, 0.15) is 11.4 Å². The third-order valence-electron chi connectivity index (χ3n) is 6.10. The van der Waals surface area contributed by atoms with Crippen LogP contribution in [0.3, 0.4) is 0 Å². The Morgan fingerprint density at radius 2 is 1.93 bits per heavy atom. The molecule has 4 aromatic rings. The number of aromatic amines is 1. The zero-order valence-corrected chi connectivity index (χ0v) is 21.2. The van der Waals surface area contributed by atoms with Gasteiger partial charge < -0.3 is 15.8 Å². The van der Waals surface area contributed by atoms with E-state index in [0.29, 0.717) is 19.3 Å². The largest absolute Gasteiger partial charge is 0.429 e. The quantitative estimate of drug-likeness (QED) is 0.235. The standard InChI is InChI=1S/C24H22F6N8O3/c1-2-11(35-16-8-34-37-21(39)18(16)24(28,29)30)4-3-5-38-10-33-15-7-12(14(25)6-13(15)22(38)40)20-32-9-17(19(31)36-20)41-23(26)27/h6-11,23H,2-5H2,1H3,(H2,31,32,36)(H2,35,37,39). The molecule has 0 saturated carbocycles. The Hall–Kier alpha value is -4.70. The Bertz CT molecular complexity index is 1670. The highest BCUT2D eigenvalue weighted by atomic mass is 19.4. The van der Waals surface area contributed by atoms with E-state index in [1.54, 1.807) is 12.0 Å². The van der Waals surface area contributed by atoms with Gasteiger partial charge in [0.05, 0.1) is 40.9 Å². The van der Waals surface area contributed by atoms with E-state index in [-0.39, 0.29) is 28.8 Å². The number of halogens is 6. The predicted octanol–water partition coefficient (Wildman–Crippen LogP) is 3.95. The van der Waals surface area contributed by atoms with Gasteiger partial charge in [-0.25, -0.2) is 24.4 Å². The van der Waals surface area contributed by atoms with Gasteiger partial charge in [-0.1, -0.05) is 6.92 Å². The van der Waals surface area contributed by atoms with Crippen LogP contribution in [0.2, 0.25) is 0 Å². The van der Waals surface area contributed by atoms with Gasteiger partial charge in [0.2, 0.25) is 0 Å². The van der Waals surface area contributed by atoms with Crippen LogP contribution in [-0.2, 0) is 12.7 Å². The number of rotatable bonds is 10. The number of ether oxygens (including phenoxy) is 1. The van der Waals surface area contributed by atoms with E-state index in [1.165, 1.54) is 17.0 Å². The summed E-state index contributed by atoms with van der Waals surface area (Å²) in [6.07, 6.45) is -0.838. The van der Waals surface area contributed by atoms with Gasteiger partial charge in [0.25, 0.3) is 11.1 Å². The summed E-state index contributed by atoms with van der Waals surface area (Å²) >= 11 is 0. The van der Waals surface area contributed by atoms with Crippen LogP contribution in [0.25, 0.3) is 22.3 Å². The smallest absolute Gasteiger partial charge is 0.423 e. The molecule has 17 heteroatoms. The molecule has 11 nitrogen and oxygen atoms in total. The van der Waals surface area contributed by atoms with Crippen molar-refractivity contribution in [3.8, 4) is 17.1 Å². The first-order valence-electron chi connectivity index (χ1n) is 12.1. The zero-order chi connectivity index (χ0) is 29.9. The van der Waals surface area contributed by atoms with Crippen molar-refractivity contribution >= 4 is 22.4 Å². The van der Waals surface area contributed by atoms with Crippen LogP contribution in [0.4, 0.5) is 37.8 Å². The number of nitrogens with two attached hydrogens (primary N) is 1. The summed E-state index contributed by atoms with van der Waals surface area (Å²) in [4.78, 5) is 36.5. The Labute approximate surface area is 226 Å². The normalized spacial score (nSPS) is 12.6. The summed E-state index contributed by atoms with van der Waals surface area (Å²) in [6, 6.07) is 1.67. The molecule has 0 fully saturated rings. The number of nitrogens with one attached hydrogen (secondary N) is 2.